The second kappa shape index (κ2) is 14.4. The molecule has 0 radical (unpaired) electrons. The van der Waals surface area contributed by atoms with Crippen LogP contribution in [0, 0.1) is 10.1 Å². The number of fused-ring (bicyclic) bond motifs is 3. The summed E-state index contributed by atoms with van der Waals surface area (Å²) in [6.45, 7) is 3.98. The fraction of sp³-hybridized carbons (Fsp3) is 0.258. The Hall–Kier alpha value is -5.19. The van der Waals surface area contributed by atoms with Crippen molar-refractivity contribution < 1.29 is 33.5 Å². The highest BCUT2D eigenvalue weighted by molar-refractivity contribution is 5.82. The molecule has 0 saturated carbocycles. The Kier molecular flexibility index (Phi) is 10.2. The van der Waals surface area contributed by atoms with Gasteiger partial charge in [0.2, 0.25) is 0 Å². The number of nitrogens with zero attached hydrogens (tertiary/aromatic N) is 1. The second-order valence-electron chi connectivity index (χ2n) is 9.50. The van der Waals surface area contributed by atoms with Gasteiger partial charge in [0, 0.05) is 24.6 Å². The SMILES string of the molecule is C=CCOC(=O)[C@@H](CCCCNC(=O)OCC1c2ccccc2-c2ccccc21)NC(=O)Oc1ccc([N+](=O)[O-])cc1. The summed E-state index contributed by atoms with van der Waals surface area (Å²) in [5.74, 6) is -0.633. The van der Waals surface area contributed by atoms with E-state index in [2.05, 4.69) is 29.3 Å². The molecule has 3 aromatic carbocycles. The van der Waals surface area contributed by atoms with Crippen LogP contribution < -0.4 is 15.4 Å². The number of unbranched alkanes of at least 4 members (excludes halogenated alkanes) is 1. The van der Waals surface area contributed by atoms with Gasteiger partial charge in [-0.1, -0.05) is 61.2 Å². The van der Waals surface area contributed by atoms with E-state index in [-0.39, 0.29) is 37.0 Å². The standard InChI is InChI=1S/C31H31N3O8/c1-2-19-40-29(35)28(33-31(37)42-22-16-14-21(15-17-22)34(38)39)13-7-8-18-32-30(36)41-20-27-25-11-5-3-9-23(25)24-10-4-6-12-26(24)27/h2-6,9-12,14-17,27-28H,1,7-8,13,18-20H2,(H,32,36)(H,33,37)/t28-/m1/s1. The molecule has 0 fully saturated rings. The monoisotopic (exact) mass is 573 g/mol. The molecule has 2 amide bonds. The van der Waals surface area contributed by atoms with E-state index in [1.54, 1.807) is 0 Å². The Morgan fingerprint density at radius 2 is 1.55 bits per heavy atom. The summed E-state index contributed by atoms with van der Waals surface area (Å²) < 4.78 is 15.7. The first-order valence-electron chi connectivity index (χ1n) is 13.5. The van der Waals surface area contributed by atoms with Crippen LogP contribution >= 0.6 is 0 Å². The van der Waals surface area contributed by atoms with Gasteiger partial charge in [-0.25, -0.2) is 14.4 Å². The summed E-state index contributed by atoms with van der Waals surface area (Å²) in [4.78, 5) is 47.4. The normalized spacial score (nSPS) is 12.3. The number of carbonyl (C=O) groups excluding carboxylic acids is 3. The number of non-ortho nitro benzene ring substituents is 1. The molecule has 4 rings (SSSR count). The second-order valence-corrected chi connectivity index (χ2v) is 9.50. The number of carbonyl (C=O) groups is 3. The van der Waals surface area contributed by atoms with E-state index in [1.807, 2.05) is 36.4 Å². The van der Waals surface area contributed by atoms with Gasteiger partial charge in [0.15, 0.2) is 0 Å². The number of alkyl carbamates (subject to hydrolysis) is 1. The van der Waals surface area contributed by atoms with Crippen LogP contribution in [0.4, 0.5) is 15.3 Å². The van der Waals surface area contributed by atoms with Gasteiger partial charge in [0.25, 0.3) is 5.69 Å². The average Bonchev–Trinajstić information content (AvgIpc) is 3.31. The van der Waals surface area contributed by atoms with Crippen molar-refractivity contribution in [3.63, 3.8) is 0 Å². The summed E-state index contributed by atoms with van der Waals surface area (Å²) in [5, 5.41) is 16.0. The minimum Gasteiger partial charge on any atom is -0.460 e. The van der Waals surface area contributed by atoms with Gasteiger partial charge < -0.3 is 24.8 Å². The summed E-state index contributed by atoms with van der Waals surface area (Å²) in [5.41, 5.74) is 4.39. The number of hydrogen-bond acceptors (Lipinski definition) is 8. The van der Waals surface area contributed by atoms with Crippen LogP contribution in [0.15, 0.2) is 85.5 Å². The molecule has 0 unspecified atom stereocenters. The zero-order chi connectivity index (χ0) is 29.9. The number of nitro groups is 1. The molecular weight excluding hydrogens is 542 g/mol. The predicted octanol–water partition coefficient (Wildman–Crippen LogP) is 5.49. The lowest BCUT2D eigenvalue weighted by Gasteiger charge is -2.17. The lowest BCUT2D eigenvalue weighted by atomic mass is 9.98. The molecule has 0 bridgehead atoms. The van der Waals surface area contributed by atoms with Crippen LogP contribution in [0.3, 0.4) is 0 Å². The first-order valence-corrected chi connectivity index (χ1v) is 13.5. The van der Waals surface area contributed by atoms with E-state index in [1.165, 1.54) is 30.3 Å². The first-order chi connectivity index (χ1) is 20.4. The van der Waals surface area contributed by atoms with Crippen molar-refractivity contribution in [3.8, 4) is 16.9 Å². The minimum atomic E-state index is -1.01. The number of ether oxygens (including phenoxy) is 3. The Bertz CT molecular complexity index is 1390. The zero-order valence-electron chi connectivity index (χ0n) is 22.8. The first kappa shape index (κ1) is 29.8. The van der Waals surface area contributed by atoms with Crippen LogP contribution in [0.1, 0.15) is 36.3 Å². The van der Waals surface area contributed by atoms with E-state index in [0.29, 0.717) is 19.4 Å². The molecule has 1 aliphatic carbocycles. The molecule has 218 valence electrons. The average molecular weight is 574 g/mol. The molecule has 0 aromatic heterocycles. The third-order valence-electron chi connectivity index (χ3n) is 6.71. The van der Waals surface area contributed by atoms with Crippen LogP contribution in [0.2, 0.25) is 0 Å². The fourth-order valence-corrected chi connectivity index (χ4v) is 4.72. The smallest absolute Gasteiger partial charge is 0.413 e. The van der Waals surface area contributed by atoms with Gasteiger partial charge in [0.1, 0.15) is 25.0 Å². The molecule has 1 aliphatic rings. The lowest BCUT2D eigenvalue weighted by molar-refractivity contribution is -0.384. The highest BCUT2D eigenvalue weighted by Gasteiger charge is 2.29. The predicted molar refractivity (Wildman–Crippen MR) is 154 cm³/mol. The molecular formula is C31H31N3O8. The number of rotatable bonds is 13. The Morgan fingerprint density at radius 1 is 0.905 bits per heavy atom. The zero-order valence-corrected chi connectivity index (χ0v) is 22.8. The molecule has 42 heavy (non-hydrogen) atoms. The van der Waals surface area contributed by atoms with Crippen molar-refractivity contribution in [1.29, 1.82) is 0 Å². The van der Waals surface area contributed by atoms with Crippen molar-refractivity contribution in [3.05, 3.63) is 107 Å². The van der Waals surface area contributed by atoms with Crippen molar-refractivity contribution in [2.75, 3.05) is 19.8 Å². The number of hydrogen-bond donors (Lipinski definition) is 2. The van der Waals surface area contributed by atoms with E-state index in [0.717, 1.165) is 22.3 Å². The van der Waals surface area contributed by atoms with Gasteiger partial charge in [-0.3, -0.25) is 10.1 Å². The molecule has 0 saturated heterocycles. The van der Waals surface area contributed by atoms with Gasteiger partial charge >= 0.3 is 18.2 Å². The van der Waals surface area contributed by atoms with Crippen molar-refractivity contribution in [2.24, 2.45) is 0 Å². The van der Waals surface area contributed by atoms with Gasteiger partial charge in [-0.2, -0.15) is 0 Å². The van der Waals surface area contributed by atoms with E-state index >= 15 is 0 Å². The topological polar surface area (TPSA) is 146 Å². The van der Waals surface area contributed by atoms with Crippen LogP contribution in [0.5, 0.6) is 5.75 Å². The fourth-order valence-electron chi connectivity index (χ4n) is 4.72. The highest BCUT2D eigenvalue weighted by atomic mass is 16.6. The van der Waals surface area contributed by atoms with Gasteiger partial charge in [-0.05, 0) is 53.6 Å². The summed E-state index contributed by atoms with van der Waals surface area (Å²) in [6.07, 6.45) is 1.15. The van der Waals surface area contributed by atoms with E-state index in [9.17, 15) is 24.5 Å². The van der Waals surface area contributed by atoms with Crippen molar-refractivity contribution in [1.82, 2.24) is 10.6 Å². The van der Waals surface area contributed by atoms with Gasteiger partial charge in [0.05, 0.1) is 4.92 Å². The minimum absolute atomic E-state index is 0.0300. The molecule has 0 aliphatic heterocycles. The maximum absolute atomic E-state index is 12.5. The van der Waals surface area contributed by atoms with Crippen LogP contribution in [-0.4, -0.2) is 48.9 Å². The molecule has 11 heteroatoms. The summed E-state index contributed by atoms with van der Waals surface area (Å²) in [6, 6.07) is 20.1. The Morgan fingerprint density at radius 3 is 2.17 bits per heavy atom. The highest BCUT2D eigenvalue weighted by Crippen LogP contribution is 2.44. The van der Waals surface area contributed by atoms with Crippen LogP contribution in [-0.2, 0) is 14.3 Å². The van der Waals surface area contributed by atoms with E-state index < -0.39 is 29.1 Å². The molecule has 0 spiro atoms. The third-order valence-corrected chi connectivity index (χ3v) is 6.71. The quantitative estimate of drug-likeness (QED) is 0.0897. The lowest BCUT2D eigenvalue weighted by Crippen LogP contribution is -2.43. The van der Waals surface area contributed by atoms with Crippen molar-refractivity contribution in [2.45, 2.75) is 31.2 Å². The Labute approximate surface area is 242 Å². The maximum Gasteiger partial charge on any atom is 0.413 e. The number of esters is 1. The molecule has 2 N–H and O–H groups in total. The summed E-state index contributed by atoms with van der Waals surface area (Å²) >= 11 is 0. The largest absolute Gasteiger partial charge is 0.460 e. The number of nitrogens with one attached hydrogen (secondary N) is 2. The molecule has 0 heterocycles. The molecule has 3 aromatic rings. The van der Waals surface area contributed by atoms with Gasteiger partial charge in [-0.15, -0.1) is 0 Å². The molecule has 11 nitrogen and oxygen atoms in total. The summed E-state index contributed by atoms with van der Waals surface area (Å²) in [7, 11) is 0. The number of nitro benzene ring substituents is 1. The number of amides is 2. The third kappa shape index (κ3) is 7.72. The van der Waals surface area contributed by atoms with Crippen molar-refractivity contribution >= 4 is 23.8 Å². The number of benzene rings is 3. The Balaban J connectivity index is 1.21. The molecule has 1 atom stereocenters. The van der Waals surface area contributed by atoms with Crippen LogP contribution in [0.25, 0.3) is 11.1 Å². The van der Waals surface area contributed by atoms with E-state index in [4.69, 9.17) is 14.2 Å². The maximum atomic E-state index is 12.5.